The van der Waals surface area contributed by atoms with Crippen molar-refractivity contribution < 1.29 is 9.18 Å². The summed E-state index contributed by atoms with van der Waals surface area (Å²) in [4.78, 5) is 12.7. The maximum atomic E-state index is 13.1. The molecule has 2 rings (SSSR count). The number of amides is 1. The Hall–Kier alpha value is -2.10. The van der Waals surface area contributed by atoms with Gasteiger partial charge in [0.2, 0.25) is 0 Å². The van der Waals surface area contributed by atoms with E-state index in [9.17, 15) is 9.18 Å². The molecule has 0 spiro atoms. The van der Waals surface area contributed by atoms with Crippen molar-refractivity contribution in [2.45, 2.75) is 53.6 Å². The molecule has 1 heterocycles. The fourth-order valence-electron chi connectivity index (χ4n) is 2.68. The molecule has 0 fully saturated rings. The summed E-state index contributed by atoms with van der Waals surface area (Å²) < 4.78 is 15.1. The normalized spacial score (nSPS) is 12.3. The van der Waals surface area contributed by atoms with Gasteiger partial charge >= 0.3 is 0 Å². The standard InChI is InChI=1S/C19H25FN2O/c1-6-12(2)21-19(23)18-14(4)13(3)15(5)22(18)11-16-7-9-17(20)10-8-16/h7-10,12H,6,11H2,1-5H3,(H,21,23)/t12-/m1/s1. The molecular weight excluding hydrogens is 291 g/mol. The van der Waals surface area contributed by atoms with E-state index >= 15 is 0 Å². The van der Waals surface area contributed by atoms with Crippen LogP contribution in [0.25, 0.3) is 0 Å². The molecule has 2 aromatic rings. The molecule has 1 aromatic heterocycles. The Balaban J connectivity index is 2.40. The van der Waals surface area contributed by atoms with E-state index in [0.29, 0.717) is 12.2 Å². The van der Waals surface area contributed by atoms with Crippen LogP contribution < -0.4 is 5.32 Å². The van der Waals surface area contributed by atoms with Crippen LogP contribution in [-0.4, -0.2) is 16.5 Å². The zero-order valence-corrected chi connectivity index (χ0v) is 14.5. The predicted molar refractivity (Wildman–Crippen MR) is 91.4 cm³/mol. The van der Waals surface area contributed by atoms with Crippen LogP contribution in [0.2, 0.25) is 0 Å². The van der Waals surface area contributed by atoms with Crippen molar-refractivity contribution >= 4 is 5.91 Å². The van der Waals surface area contributed by atoms with E-state index in [1.54, 1.807) is 12.1 Å². The van der Waals surface area contributed by atoms with Crippen molar-refractivity contribution in [1.82, 2.24) is 9.88 Å². The van der Waals surface area contributed by atoms with Crippen LogP contribution in [0.15, 0.2) is 24.3 Å². The third kappa shape index (κ3) is 3.63. The van der Waals surface area contributed by atoms with Crippen LogP contribution in [0.1, 0.15) is 53.1 Å². The van der Waals surface area contributed by atoms with Gasteiger partial charge in [-0.15, -0.1) is 0 Å². The Kier molecular flexibility index (Phi) is 5.24. The van der Waals surface area contributed by atoms with E-state index < -0.39 is 0 Å². The number of nitrogens with zero attached hydrogens (tertiary/aromatic N) is 1. The number of nitrogens with one attached hydrogen (secondary N) is 1. The van der Waals surface area contributed by atoms with Crippen molar-refractivity contribution in [2.75, 3.05) is 0 Å². The molecule has 1 amide bonds. The summed E-state index contributed by atoms with van der Waals surface area (Å²) in [5.74, 6) is -0.296. The summed E-state index contributed by atoms with van der Waals surface area (Å²) in [5.41, 5.74) is 4.87. The summed E-state index contributed by atoms with van der Waals surface area (Å²) in [5, 5.41) is 3.04. The number of hydrogen-bond acceptors (Lipinski definition) is 1. The first kappa shape index (κ1) is 17.3. The smallest absolute Gasteiger partial charge is 0.268 e. The van der Waals surface area contributed by atoms with E-state index in [0.717, 1.165) is 28.8 Å². The Bertz CT molecular complexity index is 701. The number of rotatable bonds is 5. The second-order valence-electron chi connectivity index (χ2n) is 6.18. The highest BCUT2D eigenvalue weighted by Crippen LogP contribution is 2.23. The van der Waals surface area contributed by atoms with Gasteiger partial charge in [0.25, 0.3) is 5.91 Å². The molecule has 0 saturated heterocycles. The maximum absolute atomic E-state index is 13.1. The molecule has 0 aliphatic carbocycles. The number of halogens is 1. The molecule has 23 heavy (non-hydrogen) atoms. The Morgan fingerprint density at radius 3 is 2.35 bits per heavy atom. The lowest BCUT2D eigenvalue weighted by Crippen LogP contribution is -2.34. The van der Waals surface area contributed by atoms with Crippen LogP contribution in [0.5, 0.6) is 0 Å². The average molecular weight is 316 g/mol. The molecule has 1 atom stereocenters. The lowest BCUT2D eigenvalue weighted by Gasteiger charge is -2.15. The minimum atomic E-state index is -0.250. The number of carbonyl (C=O) groups excluding carboxylic acids is 1. The highest BCUT2D eigenvalue weighted by molar-refractivity contribution is 5.95. The fraction of sp³-hybridized carbons (Fsp3) is 0.421. The van der Waals surface area contributed by atoms with Gasteiger partial charge in [-0.25, -0.2) is 4.39 Å². The zero-order valence-electron chi connectivity index (χ0n) is 14.5. The second-order valence-corrected chi connectivity index (χ2v) is 6.18. The number of carbonyl (C=O) groups is 1. The number of benzene rings is 1. The molecule has 0 radical (unpaired) electrons. The molecule has 0 saturated carbocycles. The molecule has 124 valence electrons. The predicted octanol–water partition coefficient (Wildman–Crippen LogP) is 4.13. The van der Waals surface area contributed by atoms with Gasteiger partial charge in [-0.05, 0) is 62.9 Å². The second kappa shape index (κ2) is 6.99. The number of hydrogen-bond donors (Lipinski definition) is 1. The van der Waals surface area contributed by atoms with Gasteiger partial charge in [0.15, 0.2) is 0 Å². The van der Waals surface area contributed by atoms with E-state index in [2.05, 4.69) is 5.32 Å². The van der Waals surface area contributed by atoms with Crippen molar-refractivity contribution in [2.24, 2.45) is 0 Å². The summed E-state index contributed by atoms with van der Waals surface area (Å²) >= 11 is 0. The van der Waals surface area contributed by atoms with Gasteiger partial charge < -0.3 is 9.88 Å². The topological polar surface area (TPSA) is 34.0 Å². The summed E-state index contributed by atoms with van der Waals surface area (Å²) in [6.45, 7) is 10.6. The monoisotopic (exact) mass is 316 g/mol. The number of aromatic nitrogens is 1. The third-order valence-electron chi connectivity index (χ3n) is 4.59. The summed E-state index contributed by atoms with van der Waals surface area (Å²) in [6.07, 6.45) is 0.890. The van der Waals surface area contributed by atoms with E-state index in [1.165, 1.54) is 12.1 Å². The quantitative estimate of drug-likeness (QED) is 0.884. The van der Waals surface area contributed by atoms with Crippen LogP contribution >= 0.6 is 0 Å². The molecular formula is C19H25FN2O. The molecule has 0 aliphatic rings. The Morgan fingerprint density at radius 2 is 1.78 bits per heavy atom. The van der Waals surface area contributed by atoms with Crippen molar-refractivity contribution in [1.29, 1.82) is 0 Å². The van der Waals surface area contributed by atoms with Gasteiger partial charge in [0.1, 0.15) is 11.5 Å². The van der Waals surface area contributed by atoms with E-state index in [-0.39, 0.29) is 17.8 Å². The largest absolute Gasteiger partial charge is 0.348 e. The SMILES string of the molecule is CC[C@@H](C)NC(=O)c1c(C)c(C)c(C)n1Cc1ccc(F)cc1. The Labute approximate surface area is 137 Å². The molecule has 4 heteroatoms. The summed E-state index contributed by atoms with van der Waals surface area (Å²) in [7, 11) is 0. The lowest BCUT2D eigenvalue weighted by molar-refractivity contribution is 0.0929. The van der Waals surface area contributed by atoms with Gasteiger partial charge in [0, 0.05) is 18.3 Å². The highest BCUT2D eigenvalue weighted by Gasteiger charge is 2.21. The van der Waals surface area contributed by atoms with Crippen molar-refractivity contribution in [3.8, 4) is 0 Å². The molecule has 0 bridgehead atoms. The van der Waals surface area contributed by atoms with Crippen LogP contribution in [0.4, 0.5) is 4.39 Å². The van der Waals surface area contributed by atoms with Crippen LogP contribution in [0.3, 0.4) is 0 Å². The van der Waals surface area contributed by atoms with Gasteiger partial charge in [0.05, 0.1) is 0 Å². The minimum absolute atomic E-state index is 0.0461. The fourth-order valence-corrected chi connectivity index (χ4v) is 2.68. The first-order chi connectivity index (χ1) is 10.8. The molecule has 0 unspecified atom stereocenters. The molecule has 1 N–H and O–H groups in total. The summed E-state index contributed by atoms with van der Waals surface area (Å²) in [6, 6.07) is 6.56. The highest BCUT2D eigenvalue weighted by atomic mass is 19.1. The van der Waals surface area contributed by atoms with E-state index in [1.807, 2.05) is 39.2 Å². The molecule has 3 nitrogen and oxygen atoms in total. The lowest BCUT2D eigenvalue weighted by atomic mass is 10.1. The molecule has 1 aromatic carbocycles. The third-order valence-corrected chi connectivity index (χ3v) is 4.59. The zero-order chi connectivity index (χ0) is 17.1. The van der Waals surface area contributed by atoms with Gasteiger partial charge in [-0.1, -0.05) is 19.1 Å². The first-order valence-corrected chi connectivity index (χ1v) is 8.06. The van der Waals surface area contributed by atoms with Crippen molar-refractivity contribution in [3.63, 3.8) is 0 Å². The van der Waals surface area contributed by atoms with Crippen molar-refractivity contribution in [3.05, 3.63) is 58.2 Å². The molecule has 0 aliphatic heterocycles. The first-order valence-electron chi connectivity index (χ1n) is 8.06. The van der Waals surface area contributed by atoms with Gasteiger partial charge in [-0.2, -0.15) is 0 Å². The van der Waals surface area contributed by atoms with Crippen LogP contribution in [-0.2, 0) is 6.54 Å². The van der Waals surface area contributed by atoms with E-state index in [4.69, 9.17) is 0 Å². The minimum Gasteiger partial charge on any atom is -0.348 e. The average Bonchev–Trinajstić information content (AvgIpc) is 2.73. The maximum Gasteiger partial charge on any atom is 0.268 e. The van der Waals surface area contributed by atoms with Gasteiger partial charge in [-0.3, -0.25) is 4.79 Å². The Morgan fingerprint density at radius 1 is 1.17 bits per heavy atom. The van der Waals surface area contributed by atoms with Crippen LogP contribution in [0, 0.1) is 26.6 Å².